The van der Waals surface area contributed by atoms with Gasteiger partial charge < -0.3 is 15.5 Å². The Kier molecular flexibility index (Phi) is 9.51. The second kappa shape index (κ2) is 13.0. The van der Waals surface area contributed by atoms with Crippen LogP contribution in [0, 0.1) is 23.6 Å². The summed E-state index contributed by atoms with van der Waals surface area (Å²) in [5.74, 6) is 4.98. The Bertz CT molecular complexity index is 1310. The molecule has 6 nitrogen and oxygen atoms in total. The Balaban J connectivity index is 1.53. The van der Waals surface area contributed by atoms with Gasteiger partial charge in [0, 0.05) is 28.6 Å². The van der Waals surface area contributed by atoms with Crippen LogP contribution in [0.4, 0.5) is 4.39 Å². The van der Waals surface area contributed by atoms with Crippen LogP contribution in [-0.4, -0.2) is 52.6 Å². The molecule has 0 radical (unpaired) electrons. The number of hydrogen-bond acceptors (Lipinski definition) is 5. The van der Waals surface area contributed by atoms with E-state index in [4.69, 9.17) is 16.4 Å². The SMILES string of the molecule is C[C@H](O)[C@@H]1[C@H](CO)ON(Cc2ccccc2C#Cc2ccc(Cl)cc2)[C@@H]1C(=O)NCCc1cccc(F)c1. The Morgan fingerprint density at radius 2 is 1.89 bits per heavy atom. The average molecular weight is 537 g/mol. The van der Waals surface area contributed by atoms with E-state index in [-0.39, 0.29) is 31.4 Å². The maximum absolute atomic E-state index is 13.5. The lowest BCUT2D eigenvalue weighted by molar-refractivity contribution is -0.181. The summed E-state index contributed by atoms with van der Waals surface area (Å²) in [5.41, 5.74) is 3.16. The molecule has 38 heavy (non-hydrogen) atoms. The Morgan fingerprint density at radius 1 is 1.13 bits per heavy atom. The van der Waals surface area contributed by atoms with Crippen molar-refractivity contribution in [1.29, 1.82) is 0 Å². The summed E-state index contributed by atoms with van der Waals surface area (Å²) in [6, 6.07) is 20.1. The van der Waals surface area contributed by atoms with Gasteiger partial charge in [0.25, 0.3) is 0 Å². The van der Waals surface area contributed by atoms with Crippen LogP contribution in [0.15, 0.2) is 72.8 Å². The van der Waals surface area contributed by atoms with Gasteiger partial charge in [-0.25, -0.2) is 4.39 Å². The number of aliphatic hydroxyl groups is 2. The first-order valence-electron chi connectivity index (χ1n) is 12.5. The maximum Gasteiger partial charge on any atom is 0.240 e. The molecule has 4 rings (SSSR count). The maximum atomic E-state index is 13.5. The molecule has 1 heterocycles. The van der Waals surface area contributed by atoms with Gasteiger partial charge in [0.05, 0.1) is 19.3 Å². The molecule has 0 spiro atoms. The summed E-state index contributed by atoms with van der Waals surface area (Å²) in [6.45, 7) is 1.73. The van der Waals surface area contributed by atoms with Gasteiger partial charge in [-0.3, -0.25) is 9.63 Å². The Hall–Kier alpha value is -3.25. The van der Waals surface area contributed by atoms with E-state index in [0.717, 1.165) is 22.3 Å². The fourth-order valence-electron chi connectivity index (χ4n) is 4.62. The minimum Gasteiger partial charge on any atom is -0.394 e. The summed E-state index contributed by atoms with van der Waals surface area (Å²) in [4.78, 5) is 19.3. The van der Waals surface area contributed by atoms with Gasteiger partial charge in [0.2, 0.25) is 5.91 Å². The lowest BCUT2D eigenvalue weighted by Crippen LogP contribution is -2.49. The van der Waals surface area contributed by atoms with E-state index in [9.17, 15) is 19.4 Å². The summed E-state index contributed by atoms with van der Waals surface area (Å²) in [5, 5.41) is 25.5. The van der Waals surface area contributed by atoms with Crippen molar-refractivity contribution in [1.82, 2.24) is 10.4 Å². The van der Waals surface area contributed by atoms with Gasteiger partial charge >= 0.3 is 0 Å². The number of rotatable bonds is 8. The molecule has 198 valence electrons. The van der Waals surface area contributed by atoms with Gasteiger partial charge in [-0.05, 0) is 66.9 Å². The summed E-state index contributed by atoms with van der Waals surface area (Å²) in [7, 11) is 0. The first kappa shape index (κ1) is 27.8. The van der Waals surface area contributed by atoms with E-state index < -0.39 is 24.2 Å². The highest BCUT2D eigenvalue weighted by atomic mass is 35.5. The second-order valence-corrected chi connectivity index (χ2v) is 9.69. The molecule has 1 amide bonds. The lowest BCUT2D eigenvalue weighted by atomic mass is 9.89. The number of benzene rings is 3. The van der Waals surface area contributed by atoms with E-state index in [1.54, 1.807) is 31.2 Å². The van der Waals surface area contributed by atoms with Crippen LogP contribution < -0.4 is 5.32 Å². The van der Waals surface area contributed by atoms with Crippen molar-refractivity contribution in [2.75, 3.05) is 13.2 Å². The number of nitrogens with zero attached hydrogens (tertiary/aromatic N) is 1. The zero-order valence-corrected chi connectivity index (χ0v) is 21.7. The molecule has 1 aliphatic rings. The quantitative estimate of drug-likeness (QED) is 0.382. The molecular formula is C30H30ClFN2O4. The van der Waals surface area contributed by atoms with Crippen molar-refractivity contribution in [3.8, 4) is 11.8 Å². The summed E-state index contributed by atoms with van der Waals surface area (Å²) in [6.07, 6.45) is -1.21. The van der Waals surface area contributed by atoms with Crippen molar-refractivity contribution in [2.45, 2.75) is 38.1 Å². The third-order valence-electron chi connectivity index (χ3n) is 6.51. The Labute approximate surface area is 227 Å². The molecule has 0 bridgehead atoms. The van der Waals surface area contributed by atoms with Crippen LogP contribution in [-0.2, 0) is 22.6 Å². The van der Waals surface area contributed by atoms with Crippen molar-refractivity contribution < 1.29 is 24.2 Å². The van der Waals surface area contributed by atoms with Crippen LogP contribution in [0.2, 0.25) is 5.02 Å². The van der Waals surface area contributed by atoms with Gasteiger partial charge in [-0.2, -0.15) is 5.06 Å². The molecule has 3 N–H and O–H groups in total. The molecule has 1 saturated heterocycles. The van der Waals surface area contributed by atoms with Gasteiger partial charge in [0.15, 0.2) is 0 Å². The first-order valence-corrected chi connectivity index (χ1v) is 12.8. The van der Waals surface area contributed by atoms with E-state index in [1.165, 1.54) is 17.2 Å². The number of carbonyl (C=O) groups is 1. The smallest absolute Gasteiger partial charge is 0.240 e. The van der Waals surface area contributed by atoms with E-state index in [1.807, 2.05) is 36.4 Å². The summed E-state index contributed by atoms with van der Waals surface area (Å²) < 4.78 is 13.5. The molecule has 8 heteroatoms. The average Bonchev–Trinajstić information content (AvgIpc) is 3.28. The number of amides is 1. The topological polar surface area (TPSA) is 82.0 Å². The second-order valence-electron chi connectivity index (χ2n) is 9.25. The van der Waals surface area contributed by atoms with E-state index >= 15 is 0 Å². The highest BCUT2D eigenvalue weighted by molar-refractivity contribution is 6.30. The lowest BCUT2D eigenvalue weighted by Gasteiger charge is -2.26. The van der Waals surface area contributed by atoms with Crippen LogP contribution in [0.25, 0.3) is 0 Å². The van der Waals surface area contributed by atoms with E-state index in [0.29, 0.717) is 11.4 Å². The highest BCUT2D eigenvalue weighted by Gasteiger charge is 2.49. The van der Waals surface area contributed by atoms with Gasteiger partial charge in [-0.15, -0.1) is 0 Å². The minimum atomic E-state index is -0.906. The number of hydroxylamine groups is 2. The van der Waals surface area contributed by atoms with Gasteiger partial charge in [0.1, 0.15) is 18.0 Å². The van der Waals surface area contributed by atoms with Crippen molar-refractivity contribution >= 4 is 17.5 Å². The standard InChI is InChI=1S/C30H30ClFN2O4/c1-20(36)28-27(19-35)38-34(29(28)30(37)33-16-15-22-5-4-8-26(32)17-22)18-24-7-3-2-6-23(24)12-9-21-10-13-25(31)14-11-21/h2-8,10-11,13-14,17,20,27-29,35-36H,15-16,18-19H2,1H3,(H,33,37)/t20-,27-,28+,29-/m0/s1. The number of halogens is 2. The third kappa shape index (κ3) is 6.98. The van der Waals surface area contributed by atoms with Crippen molar-refractivity contribution in [3.05, 3.63) is 106 Å². The molecule has 3 aromatic carbocycles. The van der Waals surface area contributed by atoms with Crippen LogP contribution in [0.5, 0.6) is 0 Å². The molecule has 0 saturated carbocycles. The molecule has 4 atom stereocenters. The van der Waals surface area contributed by atoms with Crippen LogP contribution in [0.3, 0.4) is 0 Å². The molecule has 0 unspecified atom stereocenters. The van der Waals surface area contributed by atoms with E-state index in [2.05, 4.69) is 17.2 Å². The van der Waals surface area contributed by atoms with Crippen LogP contribution >= 0.6 is 11.6 Å². The largest absolute Gasteiger partial charge is 0.394 e. The number of carbonyl (C=O) groups excluding carboxylic acids is 1. The zero-order chi connectivity index (χ0) is 27.1. The van der Waals surface area contributed by atoms with Crippen molar-refractivity contribution in [2.24, 2.45) is 5.92 Å². The fourth-order valence-corrected chi connectivity index (χ4v) is 4.75. The Morgan fingerprint density at radius 3 is 2.61 bits per heavy atom. The monoisotopic (exact) mass is 536 g/mol. The molecule has 3 aromatic rings. The fraction of sp³-hybridized carbons (Fsp3) is 0.300. The number of aliphatic hydroxyl groups excluding tert-OH is 2. The summed E-state index contributed by atoms with van der Waals surface area (Å²) >= 11 is 5.96. The normalized spacial score (nSPS) is 20.0. The molecule has 1 aliphatic heterocycles. The molecule has 0 aromatic heterocycles. The zero-order valence-electron chi connectivity index (χ0n) is 21.0. The minimum absolute atomic E-state index is 0.215. The predicted molar refractivity (Wildman–Crippen MR) is 143 cm³/mol. The van der Waals surface area contributed by atoms with Gasteiger partial charge in [-0.1, -0.05) is 53.8 Å². The predicted octanol–water partition coefficient (Wildman–Crippen LogP) is 3.71. The molecule has 0 aliphatic carbocycles. The number of hydrogen-bond donors (Lipinski definition) is 3. The highest BCUT2D eigenvalue weighted by Crippen LogP contribution is 2.32. The molecule has 1 fully saturated rings. The molecular weight excluding hydrogens is 507 g/mol. The number of nitrogens with one attached hydrogen (secondary N) is 1. The first-order chi connectivity index (χ1) is 18.4. The van der Waals surface area contributed by atoms with Crippen molar-refractivity contribution in [3.63, 3.8) is 0 Å². The van der Waals surface area contributed by atoms with Crippen LogP contribution in [0.1, 0.15) is 29.2 Å². The third-order valence-corrected chi connectivity index (χ3v) is 6.76.